The summed E-state index contributed by atoms with van der Waals surface area (Å²) in [6.07, 6.45) is 1.68. The van der Waals surface area contributed by atoms with Crippen molar-refractivity contribution in [1.82, 2.24) is 5.32 Å². The van der Waals surface area contributed by atoms with Gasteiger partial charge in [-0.15, -0.1) is 0 Å². The third-order valence-corrected chi connectivity index (χ3v) is 2.82. The molecule has 0 atom stereocenters. The summed E-state index contributed by atoms with van der Waals surface area (Å²) >= 11 is 0. The third-order valence-electron chi connectivity index (χ3n) is 2.82. The third kappa shape index (κ3) is 5.21. The lowest BCUT2D eigenvalue weighted by atomic mass is 10.1. The molecule has 1 aromatic rings. The standard InChI is InChI=1S/C14H18N2O5/c1-3-4-7-21-13(17)9-15-14(18)11-6-5-10(2)12(8-11)16(19)20/h5-6,8H,3-4,7,9H2,1-2H3,(H,15,18). The minimum Gasteiger partial charge on any atom is -0.464 e. The van der Waals surface area contributed by atoms with E-state index in [1.807, 2.05) is 6.92 Å². The van der Waals surface area contributed by atoms with Crippen molar-refractivity contribution in [1.29, 1.82) is 0 Å². The van der Waals surface area contributed by atoms with E-state index in [9.17, 15) is 19.7 Å². The zero-order valence-corrected chi connectivity index (χ0v) is 12.0. The van der Waals surface area contributed by atoms with E-state index < -0.39 is 16.8 Å². The number of rotatable bonds is 7. The number of hydrogen-bond acceptors (Lipinski definition) is 5. The predicted molar refractivity (Wildman–Crippen MR) is 76.0 cm³/mol. The van der Waals surface area contributed by atoms with Crippen LogP contribution in [-0.2, 0) is 9.53 Å². The molecule has 0 bridgehead atoms. The van der Waals surface area contributed by atoms with Gasteiger partial charge in [0, 0.05) is 17.2 Å². The van der Waals surface area contributed by atoms with Gasteiger partial charge in [-0.25, -0.2) is 0 Å². The molecular weight excluding hydrogens is 276 g/mol. The Labute approximate surface area is 122 Å². The number of hydrogen-bond donors (Lipinski definition) is 1. The number of aryl methyl sites for hydroxylation is 1. The van der Waals surface area contributed by atoms with Gasteiger partial charge in [0.2, 0.25) is 0 Å². The molecule has 0 saturated carbocycles. The summed E-state index contributed by atoms with van der Waals surface area (Å²) in [6.45, 7) is 3.62. The van der Waals surface area contributed by atoms with Crippen LogP contribution in [0.15, 0.2) is 18.2 Å². The molecule has 0 unspecified atom stereocenters. The maximum atomic E-state index is 11.8. The summed E-state index contributed by atoms with van der Waals surface area (Å²) in [5.41, 5.74) is 0.470. The van der Waals surface area contributed by atoms with Gasteiger partial charge in [-0.3, -0.25) is 19.7 Å². The van der Waals surface area contributed by atoms with Crippen LogP contribution >= 0.6 is 0 Å². The SMILES string of the molecule is CCCCOC(=O)CNC(=O)c1ccc(C)c([N+](=O)[O-])c1. The molecule has 0 saturated heterocycles. The van der Waals surface area contributed by atoms with Crippen LogP contribution in [0, 0.1) is 17.0 Å². The van der Waals surface area contributed by atoms with E-state index in [0.717, 1.165) is 12.8 Å². The fourth-order valence-electron chi connectivity index (χ4n) is 1.58. The van der Waals surface area contributed by atoms with Crippen LogP contribution in [0.1, 0.15) is 35.7 Å². The molecule has 1 N–H and O–H groups in total. The first-order valence-corrected chi connectivity index (χ1v) is 6.64. The molecule has 0 heterocycles. The lowest BCUT2D eigenvalue weighted by Gasteiger charge is -2.06. The molecule has 0 aliphatic carbocycles. The quantitative estimate of drug-likeness (QED) is 0.359. The average Bonchev–Trinajstić information content (AvgIpc) is 2.45. The van der Waals surface area contributed by atoms with Gasteiger partial charge in [0.05, 0.1) is 11.5 Å². The molecule has 0 spiro atoms. The predicted octanol–water partition coefficient (Wildman–Crippen LogP) is 1.98. The number of carbonyl (C=O) groups is 2. The minimum atomic E-state index is -0.550. The highest BCUT2D eigenvalue weighted by molar-refractivity contribution is 5.96. The van der Waals surface area contributed by atoms with Crippen molar-refractivity contribution >= 4 is 17.6 Å². The van der Waals surface area contributed by atoms with Crippen LogP contribution in [0.3, 0.4) is 0 Å². The fourth-order valence-corrected chi connectivity index (χ4v) is 1.58. The Balaban J connectivity index is 2.58. The van der Waals surface area contributed by atoms with Gasteiger partial charge < -0.3 is 10.1 Å². The van der Waals surface area contributed by atoms with Gasteiger partial charge in [0.25, 0.3) is 11.6 Å². The number of nitro groups is 1. The maximum absolute atomic E-state index is 11.8. The Kier molecular flexibility index (Phi) is 6.32. The largest absolute Gasteiger partial charge is 0.464 e. The average molecular weight is 294 g/mol. The zero-order valence-electron chi connectivity index (χ0n) is 12.0. The summed E-state index contributed by atoms with van der Waals surface area (Å²) in [5, 5.41) is 13.2. The highest BCUT2D eigenvalue weighted by Gasteiger charge is 2.15. The van der Waals surface area contributed by atoms with E-state index in [1.54, 1.807) is 6.92 Å². The van der Waals surface area contributed by atoms with Crippen LogP contribution in [-0.4, -0.2) is 30.0 Å². The van der Waals surface area contributed by atoms with E-state index in [-0.39, 0.29) is 17.8 Å². The molecule has 7 heteroatoms. The highest BCUT2D eigenvalue weighted by atomic mass is 16.6. The minimum absolute atomic E-state index is 0.131. The lowest BCUT2D eigenvalue weighted by molar-refractivity contribution is -0.385. The molecule has 0 aliphatic heterocycles. The number of amides is 1. The highest BCUT2D eigenvalue weighted by Crippen LogP contribution is 2.19. The second-order valence-corrected chi connectivity index (χ2v) is 4.52. The first-order chi connectivity index (χ1) is 9.95. The van der Waals surface area contributed by atoms with Gasteiger partial charge >= 0.3 is 5.97 Å². The van der Waals surface area contributed by atoms with Crippen molar-refractivity contribution in [3.63, 3.8) is 0 Å². The van der Waals surface area contributed by atoms with E-state index in [4.69, 9.17) is 4.74 Å². The number of benzene rings is 1. The maximum Gasteiger partial charge on any atom is 0.325 e. The zero-order chi connectivity index (χ0) is 15.8. The lowest BCUT2D eigenvalue weighted by Crippen LogP contribution is -2.30. The van der Waals surface area contributed by atoms with E-state index in [1.165, 1.54) is 18.2 Å². The van der Waals surface area contributed by atoms with Crippen LogP contribution in [0.4, 0.5) is 5.69 Å². The molecule has 7 nitrogen and oxygen atoms in total. The fraction of sp³-hybridized carbons (Fsp3) is 0.429. The summed E-state index contributed by atoms with van der Waals surface area (Å²) in [6, 6.07) is 4.15. The van der Waals surface area contributed by atoms with E-state index in [2.05, 4.69) is 5.32 Å². The molecule has 1 aromatic carbocycles. The van der Waals surface area contributed by atoms with Crippen LogP contribution in [0.2, 0.25) is 0 Å². The number of nitrogens with zero attached hydrogens (tertiary/aromatic N) is 1. The van der Waals surface area contributed by atoms with Gasteiger partial charge in [0.1, 0.15) is 6.54 Å². The second kappa shape index (κ2) is 7.98. The van der Waals surface area contributed by atoms with Gasteiger partial charge in [-0.05, 0) is 19.4 Å². The summed E-state index contributed by atoms with van der Waals surface area (Å²) in [5.74, 6) is -1.08. The van der Waals surface area contributed by atoms with E-state index >= 15 is 0 Å². The van der Waals surface area contributed by atoms with Crippen LogP contribution in [0.5, 0.6) is 0 Å². The Hall–Kier alpha value is -2.44. The Morgan fingerprint density at radius 1 is 1.38 bits per heavy atom. The van der Waals surface area contributed by atoms with Gasteiger partial charge in [-0.1, -0.05) is 19.4 Å². The van der Waals surface area contributed by atoms with Crippen molar-refractivity contribution in [2.24, 2.45) is 0 Å². The molecule has 1 rings (SSSR count). The molecule has 0 aromatic heterocycles. The normalized spacial score (nSPS) is 10.0. The summed E-state index contributed by atoms with van der Waals surface area (Å²) in [7, 11) is 0. The van der Waals surface area contributed by atoms with Crippen LogP contribution in [0.25, 0.3) is 0 Å². The van der Waals surface area contributed by atoms with Crippen molar-refractivity contribution in [2.75, 3.05) is 13.2 Å². The molecule has 114 valence electrons. The van der Waals surface area contributed by atoms with Crippen molar-refractivity contribution < 1.29 is 19.2 Å². The van der Waals surface area contributed by atoms with Gasteiger partial charge in [-0.2, -0.15) is 0 Å². The second-order valence-electron chi connectivity index (χ2n) is 4.52. The molecule has 0 radical (unpaired) electrons. The molecule has 0 aliphatic rings. The molecular formula is C14H18N2O5. The molecule has 1 amide bonds. The summed E-state index contributed by atoms with van der Waals surface area (Å²) in [4.78, 5) is 33.4. The summed E-state index contributed by atoms with van der Waals surface area (Å²) < 4.78 is 4.89. The van der Waals surface area contributed by atoms with Crippen LogP contribution < -0.4 is 5.32 Å². The number of esters is 1. The Bertz CT molecular complexity index is 542. The first-order valence-electron chi connectivity index (χ1n) is 6.64. The van der Waals surface area contributed by atoms with Crippen molar-refractivity contribution in [3.8, 4) is 0 Å². The number of nitrogens with one attached hydrogen (secondary N) is 1. The van der Waals surface area contributed by atoms with E-state index in [0.29, 0.717) is 12.2 Å². The van der Waals surface area contributed by atoms with Gasteiger partial charge in [0.15, 0.2) is 0 Å². The number of carbonyl (C=O) groups excluding carboxylic acids is 2. The number of unbranched alkanes of at least 4 members (excludes halogenated alkanes) is 1. The smallest absolute Gasteiger partial charge is 0.325 e. The van der Waals surface area contributed by atoms with Crippen molar-refractivity contribution in [2.45, 2.75) is 26.7 Å². The number of ether oxygens (including phenoxy) is 1. The molecule has 21 heavy (non-hydrogen) atoms. The molecule has 0 fully saturated rings. The van der Waals surface area contributed by atoms with Crippen molar-refractivity contribution in [3.05, 3.63) is 39.4 Å². The Morgan fingerprint density at radius 3 is 2.71 bits per heavy atom. The monoisotopic (exact) mass is 294 g/mol. The topological polar surface area (TPSA) is 98.5 Å². The Morgan fingerprint density at radius 2 is 2.10 bits per heavy atom. The number of nitro benzene ring substituents is 1. The first kappa shape index (κ1) is 16.6.